The molecule has 3 heterocycles. The van der Waals surface area contributed by atoms with Gasteiger partial charge in [0, 0.05) is 18.6 Å². The molecule has 3 aromatic heterocycles. The van der Waals surface area contributed by atoms with Gasteiger partial charge in [0.2, 0.25) is 5.82 Å². The second-order valence-electron chi connectivity index (χ2n) is 2.92. The van der Waals surface area contributed by atoms with Crippen LogP contribution in [0.15, 0.2) is 30.7 Å². The largest absolute Gasteiger partial charge is 0.276 e. The highest BCUT2D eigenvalue weighted by Crippen LogP contribution is 2.18. The Balaban J connectivity index is 2.15. The molecule has 0 aromatic carbocycles. The minimum atomic E-state index is 0.643. The molecule has 0 aliphatic carbocycles. The summed E-state index contributed by atoms with van der Waals surface area (Å²) in [5, 5.41) is 21.4. The van der Waals surface area contributed by atoms with E-state index in [1.807, 2.05) is 12.1 Å². The molecule has 0 amide bonds. The van der Waals surface area contributed by atoms with Crippen LogP contribution in [0.1, 0.15) is 0 Å². The van der Waals surface area contributed by atoms with Gasteiger partial charge in [-0.3, -0.25) is 5.10 Å². The van der Waals surface area contributed by atoms with Crippen LogP contribution in [0.5, 0.6) is 0 Å². The molecule has 0 radical (unpaired) electrons. The molecule has 7 nitrogen and oxygen atoms in total. The Morgan fingerprint density at radius 3 is 2.93 bits per heavy atom. The zero-order chi connectivity index (χ0) is 10.1. The third-order valence-electron chi connectivity index (χ3n) is 2.01. The number of nitrogens with one attached hydrogen (secondary N) is 2. The maximum Gasteiger partial charge on any atom is 0.204 e. The molecule has 0 saturated carbocycles. The van der Waals surface area contributed by atoms with E-state index in [2.05, 4.69) is 30.7 Å². The lowest BCUT2D eigenvalue weighted by molar-refractivity contribution is 0.829. The van der Waals surface area contributed by atoms with Gasteiger partial charge < -0.3 is 0 Å². The van der Waals surface area contributed by atoms with E-state index >= 15 is 0 Å². The van der Waals surface area contributed by atoms with E-state index in [0.29, 0.717) is 11.5 Å². The first kappa shape index (κ1) is 7.92. The summed E-state index contributed by atoms with van der Waals surface area (Å²) in [4.78, 5) is 0. The van der Waals surface area contributed by atoms with Gasteiger partial charge in [-0.05, 0) is 12.1 Å². The van der Waals surface area contributed by atoms with Crippen molar-refractivity contribution in [1.82, 2.24) is 35.4 Å². The van der Waals surface area contributed by atoms with E-state index in [-0.39, 0.29) is 0 Å². The van der Waals surface area contributed by atoms with Crippen molar-refractivity contribution >= 4 is 0 Å². The maximum absolute atomic E-state index is 4.09. The molecule has 3 aromatic rings. The van der Waals surface area contributed by atoms with Gasteiger partial charge in [-0.2, -0.15) is 20.5 Å². The summed E-state index contributed by atoms with van der Waals surface area (Å²) in [5.41, 5.74) is 1.49. The lowest BCUT2D eigenvalue weighted by Gasteiger charge is -1.96. The first-order valence-corrected chi connectivity index (χ1v) is 4.35. The number of rotatable bonds is 2. The second-order valence-corrected chi connectivity index (χ2v) is 2.92. The minimum absolute atomic E-state index is 0.643. The van der Waals surface area contributed by atoms with Crippen molar-refractivity contribution in [2.45, 2.75) is 0 Å². The molecule has 0 saturated heterocycles. The highest BCUT2D eigenvalue weighted by molar-refractivity contribution is 5.61. The van der Waals surface area contributed by atoms with E-state index in [9.17, 15) is 0 Å². The smallest absolute Gasteiger partial charge is 0.204 e. The molecule has 7 heteroatoms. The Morgan fingerprint density at radius 2 is 2.20 bits per heavy atom. The molecular weight excluding hydrogens is 194 g/mol. The average molecular weight is 201 g/mol. The van der Waals surface area contributed by atoms with Crippen molar-refractivity contribution < 1.29 is 0 Å². The lowest BCUT2D eigenvalue weighted by atomic mass is 10.3. The average Bonchev–Trinajstić information content (AvgIpc) is 3.01. The third-order valence-corrected chi connectivity index (χ3v) is 2.01. The molecule has 15 heavy (non-hydrogen) atoms. The zero-order valence-electron chi connectivity index (χ0n) is 7.62. The van der Waals surface area contributed by atoms with E-state index in [1.54, 1.807) is 23.3 Å². The quantitative estimate of drug-likeness (QED) is 0.627. The fraction of sp³-hybridized carbons (Fsp3) is 0. The van der Waals surface area contributed by atoms with Gasteiger partial charge in [-0.25, -0.2) is 4.68 Å². The zero-order valence-corrected chi connectivity index (χ0v) is 7.62. The predicted molar refractivity (Wildman–Crippen MR) is 51.1 cm³/mol. The molecule has 2 N–H and O–H groups in total. The van der Waals surface area contributed by atoms with Crippen LogP contribution in [0.4, 0.5) is 0 Å². The number of hydrogen-bond acceptors (Lipinski definition) is 4. The fourth-order valence-corrected chi connectivity index (χ4v) is 1.35. The van der Waals surface area contributed by atoms with Crippen LogP contribution < -0.4 is 0 Å². The molecule has 0 atom stereocenters. The van der Waals surface area contributed by atoms with Crippen LogP contribution >= 0.6 is 0 Å². The van der Waals surface area contributed by atoms with Crippen LogP contribution in [-0.4, -0.2) is 35.4 Å². The van der Waals surface area contributed by atoms with Gasteiger partial charge in [0.15, 0.2) is 5.69 Å². The number of H-pyrrole nitrogens is 2. The van der Waals surface area contributed by atoms with Gasteiger partial charge in [0.1, 0.15) is 0 Å². The van der Waals surface area contributed by atoms with Crippen LogP contribution in [-0.2, 0) is 0 Å². The standard InChI is InChI=1S/C8H7N7/c1-3-10-15(5-1)8-7(12-14-13-8)6-2-4-9-11-6/h1-5H,(H,9,11)(H,12,13,14). The summed E-state index contributed by atoms with van der Waals surface area (Å²) in [5.74, 6) is 0.643. The lowest BCUT2D eigenvalue weighted by Crippen LogP contribution is -1.97. The minimum Gasteiger partial charge on any atom is -0.276 e. The number of aromatic nitrogens is 7. The number of hydrogen-bond donors (Lipinski definition) is 2. The molecule has 74 valence electrons. The Morgan fingerprint density at radius 1 is 1.20 bits per heavy atom. The predicted octanol–water partition coefficient (Wildman–Crippen LogP) is 0.380. The normalized spacial score (nSPS) is 10.7. The van der Waals surface area contributed by atoms with Gasteiger partial charge in [0.05, 0.1) is 5.69 Å². The van der Waals surface area contributed by atoms with Crippen LogP contribution in [0, 0.1) is 0 Å². The molecule has 0 aliphatic heterocycles. The molecular formula is C8H7N7. The Kier molecular flexibility index (Phi) is 1.61. The van der Waals surface area contributed by atoms with Crippen LogP contribution in [0.25, 0.3) is 17.2 Å². The van der Waals surface area contributed by atoms with E-state index in [4.69, 9.17) is 0 Å². The third kappa shape index (κ3) is 1.21. The van der Waals surface area contributed by atoms with Gasteiger partial charge in [-0.15, -0.1) is 5.10 Å². The molecule has 0 aliphatic rings. The first-order valence-electron chi connectivity index (χ1n) is 4.35. The van der Waals surface area contributed by atoms with Crippen LogP contribution in [0.2, 0.25) is 0 Å². The summed E-state index contributed by atoms with van der Waals surface area (Å²) in [6, 6.07) is 3.65. The van der Waals surface area contributed by atoms with Crippen molar-refractivity contribution in [3.8, 4) is 17.2 Å². The number of nitrogens with zero attached hydrogens (tertiary/aromatic N) is 5. The summed E-state index contributed by atoms with van der Waals surface area (Å²) in [7, 11) is 0. The first-order chi connectivity index (χ1) is 7.45. The number of aromatic amines is 2. The Bertz CT molecular complexity index is 485. The summed E-state index contributed by atoms with van der Waals surface area (Å²) >= 11 is 0. The summed E-state index contributed by atoms with van der Waals surface area (Å²) < 4.78 is 1.64. The van der Waals surface area contributed by atoms with E-state index in [0.717, 1.165) is 5.69 Å². The Labute approximate surface area is 84.1 Å². The molecule has 0 fully saturated rings. The van der Waals surface area contributed by atoms with Gasteiger partial charge in [-0.1, -0.05) is 0 Å². The monoisotopic (exact) mass is 201 g/mol. The second kappa shape index (κ2) is 3.05. The molecule has 0 bridgehead atoms. The van der Waals surface area contributed by atoms with Crippen molar-refractivity contribution in [2.24, 2.45) is 0 Å². The maximum atomic E-state index is 4.09. The molecule has 0 spiro atoms. The fourth-order valence-electron chi connectivity index (χ4n) is 1.35. The summed E-state index contributed by atoms with van der Waals surface area (Å²) in [6.07, 6.45) is 5.15. The highest BCUT2D eigenvalue weighted by atomic mass is 15.4. The van der Waals surface area contributed by atoms with Crippen molar-refractivity contribution in [2.75, 3.05) is 0 Å². The van der Waals surface area contributed by atoms with E-state index in [1.165, 1.54) is 0 Å². The van der Waals surface area contributed by atoms with Crippen molar-refractivity contribution in [1.29, 1.82) is 0 Å². The van der Waals surface area contributed by atoms with Crippen LogP contribution in [0.3, 0.4) is 0 Å². The molecule has 0 unspecified atom stereocenters. The SMILES string of the molecule is c1cnn(-c2n[nH]nc2-c2ccn[nH]2)c1. The van der Waals surface area contributed by atoms with Gasteiger partial charge >= 0.3 is 0 Å². The van der Waals surface area contributed by atoms with Crippen molar-refractivity contribution in [3.05, 3.63) is 30.7 Å². The summed E-state index contributed by atoms with van der Waals surface area (Å²) in [6.45, 7) is 0. The van der Waals surface area contributed by atoms with Crippen molar-refractivity contribution in [3.63, 3.8) is 0 Å². The van der Waals surface area contributed by atoms with E-state index < -0.39 is 0 Å². The highest BCUT2D eigenvalue weighted by Gasteiger charge is 2.12. The Hall–Kier alpha value is -2.44. The molecule has 3 rings (SSSR count). The van der Waals surface area contributed by atoms with Gasteiger partial charge in [0.25, 0.3) is 0 Å². The topological polar surface area (TPSA) is 88.1 Å².